The van der Waals surface area contributed by atoms with Gasteiger partial charge in [0.1, 0.15) is 0 Å². The third-order valence-corrected chi connectivity index (χ3v) is 4.72. The van der Waals surface area contributed by atoms with E-state index in [1.165, 1.54) is 14.0 Å². The van der Waals surface area contributed by atoms with Gasteiger partial charge in [-0.15, -0.1) is 0 Å². The van der Waals surface area contributed by atoms with Crippen molar-refractivity contribution in [3.63, 3.8) is 0 Å². The number of hydrogen-bond donors (Lipinski definition) is 0. The molecule has 0 saturated carbocycles. The number of ketones is 1. The summed E-state index contributed by atoms with van der Waals surface area (Å²) in [6.07, 6.45) is 0.809. The van der Waals surface area contributed by atoms with Gasteiger partial charge in [0.2, 0.25) is 5.91 Å². The number of nitrogens with zero attached hydrogens (tertiary/aromatic N) is 3. The maximum atomic E-state index is 12.5. The smallest absolute Gasteiger partial charge is 0.260 e. The largest absolute Gasteiger partial charge is 0.493 e. The fraction of sp³-hybridized carbons (Fsp3) is 0.550. The van der Waals surface area contributed by atoms with E-state index in [0.717, 1.165) is 13.0 Å². The highest BCUT2D eigenvalue weighted by molar-refractivity contribution is 5.94. The van der Waals surface area contributed by atoms with Crippen molar-refractivity contribution >= 4 is 17.6 Å². The van der Waals surface area contributed by atoms with Gasteiger partial charge in [-0.3, -0.25) is 19.3 Å². The average molecular weight is 391 g/mol. The van der Waals surface area contributed by atoms with E-state index in [9.17, 15) is 14.4 Å². The van der Waals surface area contributed by atoms with E-state index in [1.807, 2.05) is 0 Å². The molecule has 0 aliphatic carbocycles. The first-order chi connectivity index (χ1) is 13.3. The lowest BCUT2D eigenvalue weighted by Crippen LogP contribution is -2.40. The standard InChI is InChI=1S/C20H29N3O5/c1-15(24)16-6-7-17(18(12-16)27-4)28-14-20(26)23-9-5-8-22(10-11-23)13-19(25)21(2)3/h6-7,12H,5,8-11,13-14H2,1-4H3. The van der Waals surface area contributed by atoms with Crippen molar-refractivity contribution in [1.29, 1.82) is 0 Å². The second kappa shape index (κ2) is 10.1. The van der Waals surface area contributed by atoms with Gasteiger partial charge in [0.05, 0.1) is 13.7 Å². The van der Waals surface area contributed by atoms with Crippen molar-refractivity contribution < 1.29 is 23.9 Å². The van der Waals surface area contributed by atoms with Crippen LogP contribution in [0.15, 0.2) is 18.2 Å². The lowest BCUT2D eigenvalue weighted by molar-refractivity contribution is -0.133. The minimum absolute atomic E-state index is 0.0595. The quantitative estimate of drug-likeness (QED) is 0.643. The monoisotopic (exact) mass is 391 g/mol. The summed E-state index contributed by atoms with van der Waals surface area (Å²) in [4.78, 5) is 41.3. The number of amides is 2. The Hall–Kier alpha value is -2.61. The minimum Gasteiger partial charge on any atom is -0.493 e. The Balaban J connectivity index is 1.89. The molecular formula is C20H29N3O5. The molecule has 0 radical (unpaired) electrons. The van der Waals surface area contributed by atoms with Crippen LogP contribution in [0.5, 0.6) is 11.5 Å². The maximum absolute atomic E-state index is 12.5. The molecule has 2 rings (SSSR count). The van der Waals surface area contributed by atoms with Crippen molar-refractivity contribution in [3.05, 3.63) is 23.8 Å². The first-order valence-corrected chi connectivity index (χ1v) is 9.34. The molecule has 0 unspecified atom stereocenters. The van der Waals surface area contributed by atoms with E-state index < -0.39 is 0 Å². The summed E-state index contributed by atoms with van der Waals surface area (Å²) in [5, 5.41) is 0. The summed E-state index contributed by atoms with van der Waals surface area (Å²) in [5.41, 5.74) is 0.524. The van der Waals surface area contributed by atoms with Crippen LogP contribution in [0.4, 0.5) is 0 Å². The molecule has 1 heterocycles. The maximum Gasteiger partial charge on any atom is 0.260 e. The molecule has 8 heteroatoms. The fourth-order valence-electron chi connectivity index (χ4n) is 2.95. The average Bonchev–Trinajstić information content (AvgIpc) is 2.91. The van der Waals surface area contributed by atoms with E-state index >= 15 is 0 Å². The highest BCUT2D eigenvalue weighted by atomic mass is 16.5. The summed E-state index contributed by atoms with van der Waals surface area (Å²) < 4.78 is 10.9. The van der Waals surface area contributed by atoms with Gasteiger partial charge in [0.25, 0.3) is 5.91 Å². The number of carbonyl (C=O) groups is 3. The topological polar surface area (TPSA) is 79.4 Å². The molecule has 8 nitrogen and oxygen atoms in total. The fourth-order valence-corrected chi connectivity index (χ4v) is 2.95. The molecule has 1 aromatic carbocycles. The van der Waals surface area contributed by atoms with E-state index in [1.54, 1.807) is 42.1 Å². The van der Waals surface area contributed by atoms with Crippen LogP contribution in [-0.4, -0.2) is 92.8 Å². The Labute approximate surface area is 166 Å². The van der Waals surface area contributed by atoms with Crippen LogP contribution in [-0.2, 0) is 9.59 Å². The van der Waals surface area contributed by atoms with Crippen molar-refractivity contribution in [1.82, 2.24) is 14.7 Å². The number of Topliss-reactive ketones (excluding diaryl/α,β-unsaturated/α-hetero) is 1. The van der Waals surface area contributed by atoms with Gasteiger partial charge >= 0.3 is 0 Å². The lowest BCUT2D eigenvalue weighted by atomic mass is 10.1. The summed E-state index contributed by atoms with van der Waals surface area (Å²) in [6, 6.07) is 4.89. The molecule has 1 saturated heterocycles. The third-order valence-electron chi connectivity index (χ3n) is 4.72. The van der Waals surface area contributed by atoms with Crippen molar-refractivity contribution in [3.8, 4) is 11.5 Å². The second-order valence-corrected chi connectivity index (χ2v) is 7.01. The molecule has 0 atom stereocenters. The van der Waals surface area contributed by atoms with Crippen LogP contribution >= 0.6 is 0 Å². The van der Waals surface area contributed by atoms with Gasteiger partial charge in [-0.2, -0.15) is 0 Å². The van der Waals surface area contributed by atoms with Gasteiger partial charge in [-0.25, -0.2) is 0 Å². The molecule has 154 valence electrons. The summed E-state index contributed by atoms with van der Waals surface area (Å²) in [5.74, 6) is 0.726. The Morgan fingerprint density at radius 2 is 1.82 bits per heavy atom. The molecule has 1 aliphatic rings. The summed E-state index contributed by atoms with van der Waals surface area (Å²) in [6.45, 7) is 4.37. The summed E-state index contributed by atoms with van der Waals surface area (Å²) >= 11 is 0. The SMILES string of the molecule is COc1cc(C(C)=O)ccc1OCC(=O)N1CCCN(CC(=O)N(C)C)CC1. The lowest BCUT2D eigenvalue weighted by Gasteiger charge is -2.23. The third kappa shape index (κ3) is 5.95. The number of hydrogen-bond acceptors (Lipinski definition) is 6. The molecule has 2 amide bonds. The number of ether oxygens (including phenoxy) is 2. The number of rotatable bonds is 7. The van der Waals surface area contributed by atoms with Gasteiger partial charge < -0.3 is 19.3 Å². The van der Waals surface area contributed by atoms with Crippen molar-refractivity contribution in [2.24, 2.45) is 0 Å². The number of benzene rings is 1. The van der Waals surface area contributed by atoms with Gasteiger partial charge in [-0.1, -0.05) is 0 Å². The first kappa shape index (κ1) is 21.7. The molecule has 0 bridgehead atoms. The molecule has 28 heavy (non-hydrogen) atoms. The molecule has 0 aromatic heterocycles. The van der Waals surface area contributed by atoms with Crippen LogP contribution in [0.25, 0.3) is 0 Å². The summed E-state index contributed by atoms with van der Waals surface area (Å²) in [7, 11) is 4.97. The Morgan fingerprint density at radius 1 is 1.07 bits per heavy atom. The van der Waals surface area contributed by atoms with Crippen LogP contribution in [0.2, 0.25) is 0 Å². The van der Waals surface area contributed by atoms with Crippen LogP contribution < -0.4 is 9.47 Å². The van der Waals surface area contributed by atoms with Crippen molar-refractivity contribution in [2.75, 3.05) is 60.5 Å². The number of likely N-dealkylation sites (N-methyl/N-ethyl adjacent to an activating group) is 1. The van der Waals surface area contributed by atoms with E-state index in [2.05, 4.69) is 4.90 Å². The molecule has 1 aromatic rings. The van der Waals surface area contributed by atoms with Crippen LogP contribution in [0.1, 0.15) is 23.7 Å². The highest BCUT2D eigenvalue weighted by Gasteiger charge is 2.21. The van der Waals surface area contributed by atoms with Crippen LogP contribution in [0.3, 0.4) is 0 Å². The van der Waals surface area contributed by atoms with Crippen LogP contribution in [0, 0.1) is 0 Å². The van der Waals surface area contributed by atoms with E-state index in [0.29, 0.717) is 43.2 Å². The Kier molecular flexibility index (Phi) is 7.80. The van der Waals surface area contributed by atoms with Gasteiger partial charge in [0.15, 0.2) is 23.9 Å². The number of carbonyl (C=O) groups excluding carboxylic acids is 3. The second-order valence-electron chi connectivity index (χ2n) is 7.01. The molecule has 0 spiro atoms. The molecule has 1 fully saturated rings. The van der Waals surface area contributed by atoms with E-state index in [-0.39, 0.29) is 24.2 Å². The molecule has 1 aliphatic heterocycles. The number of methoxy groups -OCH3 is 1. The van der Waals surface area contributed by atoms with Gasteiger partial charge in [0, 0.05) is 45.8 Å². The minimum atomic E-state index is -0.113. The Morgan fingerprint density at radius 3 is 2.46 bits per heavy atom. The zero-order chi connectivity index (χ0) is 20.7. The molecular weight excluding hydrogens is 362 g/mol. The first-order valence-electron chi connectivity index (χ1n) is 9.34. The zero-order valence-corrected chi connectivity index (χ0v) is 17.1. The normalized spacial score (nSPS) is 14.9. The predicted octanol–water partition coefficient (Wildman–Crippen LogP) is 0.899. The molecule has 0 N–H and O–H groups in total. The highest BCUT2D eigenvalue weighted by Crippen LogP contribution is 2.28. The van der Waals surface area contributed by atoms with Gasteiger partial charge in [-0.05, 0) is 31.5 Å². The Bertz CT molecular complexity index is 720. The van der Waals surface area contributed by atoms with Crippen molar-refractivity contribution in [2.45, 2.75) is 13.3 Å². The van der Waals surface area contributed by atoms with E-state index in [4.69, 9.17) is 9.47 Å². The zero-order valence-electron chi connectivity index (χ0n) is 17.1. The predicted molar refractivity (Wildman–Crippen MR) is 105 cm³/mol.